The molecule has 3 heterocycles. The van der Waals surface area contributed by atoms with Gasteiger partial charge in [0.25, 0.3) is 0 Å². The standard InChI is InChI=1S/C32H40N4O6/c1-20-4-6-22-10-15-35(27(22)17-20)30(40)32(12-13-32)31(41)42-36(26(11-16-37)29(38)39)25-18-21(19-25)5-8-24-9-7-23-3-2-14-33-28(23)34-24/h4,6-7,9,17,21,25-26,37H,2-3,5,8,10-16,18-19H2,1H3,(H,33,34)(H,38,39)/t21?,25?,26-/m0/s1. The molecule has 2 aliphatic carbocycles. The van der Waals surface area contributed by atoms with Crippen LogP contribution in [0.15, 0.2) is 30.3 Å². The van der Waals surface area contributed by atoms with Gasteiger partial charge in [-0.25, -0.2) is 9.78 Å². The maximum Gasteiger partial charge on any atom is 0.340 e. The molecule has 0 radical (unpaired) electrons. The molecule has 1 atom stereocenters. The Labute approximate surface area is 246 Å². The number of aliphatic hydroxyl groups is 1. The molecule has 0 bridgehead atoms. The van der Waals surface area contributed by atoms with Crippen LogP contribution in [-0.2, 0) is 38.5 Å². The van der Waals surface area contributed by atoms with E-state index in [1.807, 2.05) is 25.1 Å². The summed E-state index contributed by atoms with van der Waals surface area (Å²) >= 11 is 0. The van der Waals surface area contributed by atoms with Gasteiger partial charge in [0, 0.05) is 37.1 Å². The number of hydroxylamine groups is 2. The molecule has 4 aliphatic rings. The van der Waals surface area contributed by atoms with E-state index >= 15 is 0 Å². The van der Waals surface area contributed by atoms with Crippen LogP contribution in [0.4, 0.5) is 11.5 Å². The fourth-order valence-corrected chi connectivity index (χ4v) is 6.65. The number of carbonyl (C=O) groups excluding carboxylic acids is 2. The number of aliphatic carboxylic acids is 1. The molecule has 6 rings (SSSR count). The number of carboxylic acids is 1. The van der Waals surface area contributed by atoms with Crippen molar-refractivity contribution in [1.29, 1.82) is 0 Å². The van der Waals surface area contributed by atoms with Crippen molar-refractivity contribution in [2.24, 2.45) is 11.3 Å². The van der Waals surface area contributed by atoms with Gasteiger partial charge in [-0.05, 0) is 106 Å². The van der Waals surface area contributed by atoms with Crippen molar-refractivity contribution in [3.8, 4) is 0 Å². The monoisotopic (exact) mass is 576 g/mol. The Kier molecular flexibility index (Phi) is 7.93. The van der Waals surface area contributed by atoms with E-state index in [4.69, 9.17) is 9.82 Å². The second-order valence-electron chi connectivity index (χ2n) is 12.4. The smallest absolute Gasteiger partial charge is 0.340 e. The number of nitrogens with zero attached hydrogens (tertiary/aromatic N) is 3. The highest BCUT2D eigenvalue weighted by Crippen LogP contribution is 2.51. The highest BCUT2D eigenvalue weighted by atomic mass is 16.7. The van der Waals surface area contributed by atoms with Crippen molar-refractivity contribution >= 4 is 29.4 Å². The average Bonchev–Trinajstić information content (AvgIpc) is 3.68. The van der Waals surface area contributed by atoms with Gasteiger partial charge in [-0.2, -0.15) is 0 Å². The lowest BCUT2D eigenvalue weighted by Crippen LogP contribution is -2.55. The molecule has 3 N–H and O–H groups in total. The number of aliphatic hydroxyl groups excluding tert-OH is 1. The van der Waals surface area contributed by atoms with E-state index in [1.54, 1.807) is 4.90 Å². The minimum absolute atomic E-state index is 0.0739. The number of nitrogens with one attached hydrogen (secondary N) is 1. The van der Waals surface area contributed by atoms with Crippen LogP contribution in [0, 0.1) is 18.3 Å². The van der Waals surface area contributed by atoms with Crippen LogP contribution >= 0.6 is 0 Å². The molecule has 2 aromatic rings. The van der Waals surface area contributed by atoms with Crippen molar-refractivity contribution in [3.63, 3.8) is 0 Å². The second kappa shape index (κ2) is 11.6. The van der Waals surface area contributed by atoms with E-state index in [2.05, 4.69) is 17.4 Å². The summed E-state index contributed by atoms with van der Waals surface area (Å²) in [6.45, 7) is 3.07. The van der Waals surface area contributed by atoms with Gasteiger partial charge in [-0.15, -0.1) is 5.06 Å². The van der Waals surface area contributed by atoms with Crippen LogP contribution in [0.5, 0.6) is 0 Å². The number of pyridine rings is 1. The van der Waals surface area contributed by atoms with Crippen molar-refractivity contribution in [1.82, 2.24) is 10.0 Å². The number of rotatable bonds is 11. The fraction of sp³-hybridized carbons (Fsp3) is 0.562. The molecular weight excluding hydrogens is 536 g/mol. The molecule has 0 unspecified atom stereocenters. The van der Waals surface area contributed by atoms with Gasteiger partial charge in [-0.3, -0.25) is 9.59 Å². The number of anilines is 2. The highest BCUT2D eigenvalue weighted by Gasteiger charge is 2.61. The summed E-state index contributed by atoms with van der Waals surface area (Å²) in [4.78, 5) is 51.9. The summed E-state index contributed by atoms with van der Waals surface area (Å²) < 4.78 is 0. The zero-order valence-corrected chi connectivity index (χ0v) is 24.2. The zero-order chi connectivity index (χ0) is 29.4. The first-order valence-corrected chi connectivity index (χ1v) is 15.3. The molecule has 2 fully saturated rings. The largest absolute Gasteiger partial charge is 0.480 e. The van der Waals surface area contributed by atoms with E-state index in [9.17, 15) is 24.6 Å². The second-order valence-corrected chi connectivity index (χ2v) is 12.4. The molecule has 10 heteroatoms. The van der Waals surface area contributed by atoms with Gasteiger partial charge in [-0.1, -0.05) is 18.2 Å². The number of amides is 1. The first-order valence-electron chi connectivity index (χ1n) is 15.3. The summed E-state index contributed by atoms with van der Waals surface area (Å²) in [6.07, 6.45) is 6.65. The third kappa shape index (κ3) is 5.49. The van der Waals surface area contributed by atoms with Gasteiger partial charge in [0.05, 0.1) is 0 Å². The predicted molar refractivity (Wildman–Crippen MR) is 156 cm³/mol. The molecule has 224 valence electrons. The Bertz CT molecular complexity index is 1370. The molecule has 42 heavy (non-hydrogen) atoms. The first-order chi connectivity index (χ1) is 20.3. The van der Waals surface area contributed by atoms with Gasteiger partial charge in [0.15, 0.2) is 0 Å². The van der Waals surface area contributed by atoms with Crippen molar-refractivity contribution in [2.45, 2.75) is 83.2 Å². The predicted octanol–water partition coefficient (Wildman–Crippen LogP) is 3.42. The van der Waals surface area contributed by atoms with Gasteiger partial charge in [0.1, 0.15) is 17.3 Å². The molecule has 0 saturated heterocycles. The van der Waals surface area contributed by atoms with E-state index < -0.39 is 23.4 Å². The summed E-state index contributed by atoms with van der Waals surface area (Å²) in [7, 11) is 0. The van der Waals surface area contributed by atoms with Crippen LogP contribution < -0.4 is 10.2 Å². The molecule has 1 aromatic carbocycles. The maximum absolute atomic E-state index is 13.7. The lowest BCUT2D eigenvalue weighted by Gasteiger charge is -2.44. The fourth-order valence-electron chi connectivity index (χ4n) is 6.65. The van der Waals surface area contributed by atoms with Gasteiger partial charge >= 0.3 is 11.9 Å². The molecular formula is C32H40N4O6. The summed E-state index contributed by atoms with van der Waals surface area (Å²) in [5.41, 5.74) is 3.96. The summed E-state index contributed by atoms with van der Waals surface area (Å²) in [5.74, 6) is -0.804. The van der Waals surface area contributed by atoms with Gasteiger partial charge < -0.3 is 25.3 Å². The van der Waals surface area contributed by atoms with Gasteiger partial charge in [0.2, 0.25) is 5.91 Å². The Balaban J connectivity index is 1.11. The highest BCUT2D eigenvalue weighted by molar-refractivity contribution is 6.13. The van der Waals surface area contributed by atoms with Crippen molar-refractivity contribution < 1.29 is 29.4 Å². The lowest BCUT2D eigenvalue weighted by atomic mass is 9.76. The number of carbonyl (C=O) groups is 3. The molecule has 0 spiro atoms. The van der Waals surface area contributed by atoms with E-state index in [-0.39, 0.29) is 25.0 Å². The van der Waals surface area contributed by atoms with E-state index in [0.717, 1.165) is 67.0 Å². The van der Waals surface area contributed by atoms with Crippen LogP contribution in [0.1, 0.15) is 67.3 Å². The normalized spacial score (nSPS) is 22.4. The molecule has 10 nitrogen and oxygen atoms in total. The minimum atomic E-state index is -1.29. The first kappa shape index (κ1) is 28.6. The Morgan fingerprint density at radius 3 is 2.69 bits per heavy atom. The third-order valence-electron chi connectivity index (χ3n) is 9.45. The molecule has 1 aromatic heterocycles. The number of aromatic nitrogens is 1. The number of aryl methyl sites for hydroxylation is 3. The van der Waals surface area contributed by atoms with Crippen LogP contribution in [0.3, 0.4) is 0 Å². The van der Waals surface area contributed by atoms with Crippen LogP contribution in [0.25, 0.3) is 0 Å². The number of fused-ring (bicyclic) bond motifs is 2. The molecule has 1 amide bonds. The summed E-state index contributed by atoms with van der Waals surface area (Å²) in [5, 5.41) is 24.2. The van der Waals surface area contributed by atoms with Crippen LogP contribution in [0.2, 0.25) is 0 Å². The van der Waals surface area contributed by atoms with E-state index in [1.165, 1.54) is 10.6 Å². The maximum atomic E-state index is 13.7. The third-order valence-corrected chi connectivity index (χ3v) is 9.45. The number of benzene rings is 1. The van der Waals surface area contributed by atoms with Crippen molar-refractivity contribution in [3.05, 3.63) is 52.7 Å². The quantitative estimate of drug-likeness (QED) is 0.272. The topological polar surface area (TPSA) is 132 Å². The summed E-state index contributed by atoms with van der Waals surface area (Å²) in [6, 6.07) is 8.79. The minimum Gasteiger partial charge on any atom is -0.480 e. The molecule has 2 aliphatic heterocycles. The Morgan fingerprint density at radius 1 is 1.17 bits per heavy atom. The Morgan fingerprint density at radius 2 is 1.95 bits per heavy atom. The number of carboxylic acid groups (broad SMARTS) is 1. The number of hydrogen-bond acceptors (Lipinski definition) is 8. The molecule has 2 saturated carbocycles. The van der Waals surface area contributed by atoms with Crippen molar-refractivity contribution in [2.75, 3.05) is 29.9 Å². The number of hydrogen-bond donors (Lipinski definition) is 3. The SMILES string of the molecule is Cc1ccc2c(c1)N(C(=O)C1(C(=O)ON(C3CC(CCc4ccc5c(n4)NCCC5)C3)[C@@H](CCO)C(=O)O)CC1)CC2. The van der Waals surface area contributed by atoms with Crippen LogP contribution in [-0.4, -0.2) is 69.9 Å². The zero-order valence-electron chi connectivity index (χ0n) is 24.2. The Hall–Kier alpha value is -3.50. The van der Waals surface area contributed by atoms with E-state index in [0.29, 0.717) is 38.1 Å². The average molecular weight is 577 g/mol. The lowest BCUT2D eigenvalue weighted by molar-refractivity contribution is -0.237.